The van der Waals surface area contributed by atoms with Gasteiger partial charge in [0.15, 0.2) is 0 Å². The van der Waals surface area contributed by atoms with Gasteiger partial charge in [-0.3, -0.25) is 10.8 Å². The highest BCUT2D eigenvalue weighted by molar-refractivity contribution is 5.95. The summed E-state index contributed by atoms with van der Waals surface area (Å²) >= 11 is 0. The summed E-state index contributed by atoms with van der Waals surface area (Å²) in [5.74, 6) is 0.130. The number of nitrogen functional groups attached to an aromatic ring is 2. The van der Waals surface area contributed by atoms with Gasteiger partial charge in [0, 0.05) is 22.5 Å². The van der Waals surface area contributed by atoms with E-state index in [2.05, 4.69) is 17.6 Å². The third-order valence-electron chi connectivity index (χ3n) is 3.65. The molecular formula is C18H24N6. The Morgan fingerprint density at radius 1 is 0.833 bits per heavy atom. The molecule has 0 aromatic heterocycles. The van der Waals surface area contributed by atoms with Crippen molar-refractivity contribution >= 4 is 23.0 Å². The average molecular weight is 324 g/mol. The van der Waals surface area contributed by atoms with Crippen LogP contribution in [0, 0.1) is 10.8 Å². The number of amidine groups is 2. The molecule has 0 aliphatic heterocycles. The quantitative estimate of drug-likeness (QED) is 0.254. The van der Waals surface area contributed by atoms with Gasteiger partial charge in [0.05, 0.1) is 6.17 Å². The van der Waals surface area contributed by atoms with Crippen molar-refractivity contribution in [3.05, 3.63) is 59.7 Å². The lowest BCUT2D eigenvalue weighted by molar-refractivity contribution is 0.702. The van der Waals surface area contributed by atoms with Crippen molar-refractivity contribution in [1.29, 1.82) is 10.8 Å². The number of anilines is 2. The SMILES string of the molecule is CCCC(Nc1ccc(C(=N)N)cc1)Nc1ccc(C(=N)N)cc1. The fourth-order valence-electron chi connectivity index (χ4n) is 2.36. The van der Waals surface area contributed by atoms with E-state index in [0.717, 1.165) is 24.2 Å². The van der Waals surface area contributed by atoms with Crippen molar-refractivity contribution in [3.63, 3.8) is 0 Å². The van der Waals surface area contributed by atoms with Crippen molar-refractivity contribution in [1.82, 2.24) is 0 Å². The Labute approximate surface area is 142 Å². The molecule has 0 amide bonds. The van der Waals surface area contributed by atoms with Gasteiger partial charge in [-0.2, -0.15) is 0 Å². The summed E-state index contributed by atoms with van der Waals surface area (Å²) in [6.45, 7) is 2.13. The monoisotopic (exact) mass is 324 g/mol. The Morgan fingerprint density at radius 3 is 1.50 bits per heavy atom. The Bertz CT molecular complexity index is 631. The highest BCUT2D eigenvalue weighted by atomic mass is 15.1. The van der Waals surface area contributed by atoms with E-state index in [1.54, 1.807) is 0 Å². The van der Waals surface area contributed by atoms with E-state index in [4.69, 9.17) is 22.3 Å². The summed E-state index contributed by atoms with van der Waals surface area (Å²) < 4.78 is 0. The van der Waals surface area contributed by atoms with E-state index in [0.29, 0.717) is 11.1 Å². The molecule has 0 aliphatic rings. The van der Waals surface area contributed by atoms with Crippen LogP contribution in [-0.2, 0) is 0 Å². The summed E-state index contributed by atoms with van der Waals surface area (Å²) in [5.41, 5.74) is 14.3. The Hall–Kier alpha value is -3.02. The zero-order valence-corrected chi connectivity index (χ0v) is 13.8. The van der Waals surface area contributed by atoms with Crippen LogP contribution in [0.15, 0.2) is 48.5 Å². The number of rotatable bonds is 8. The summed E-state index contributed by atoms with van der Waals surface area (Å²) in [7, 11) is 0. The number of hydrogen-bond donors (Lipinski definition) is 6. The Balaban J connectivity index is 2.05. The van der Waals surface area contributed by atoms with Gasteiger partial charge >= 0.3 is 0 Å². The average Bonchev–Trinajstić information content (AvgIpc) is 2.56. The largest absolute Gasteiger partial charge is 0.384 e. The summed E-state index contributed by atoms with van der Waals surface area (Å²) in [6, 6.07) is 15.0. The maximum absolute atomic E-state index is 7.43. The first-order valence-electron chi connectivity index (χ1n) is 7.91. The van der Waals surface area contributed by atoms with E-state index in [9.17, 15) is 0 Å². The van der Waals surface area contributed by atoms with Gasteiger partial charge in [0.1, 0.15) is 11.7 Å². The van der Waals surface area contributed by atoms with E-state index in [-0.39, 0.29) is 17.8 Å². The fourth-order valence-corrected chi connectivity index (χ4v) is 2.36. The van der Waals surface area contributed by atoms with Crippen molar-refractivity contribution in [2.24, 2.45) is 11.5 Å². The first-order valence-corrected chi connectivity index (χ1v) is 7.91. The lowest BCUT2D eigenvalue weighted by atomic mass is 10.1. The van der Waals surface area contributed by atoms with Crippen LogP contribution >= 0.6 is 0 Å². The first kappa shape index (κ1) is 17.3. The molecule has 126 valence electrons. The van der Waals surface area contributed by atoms with Gasteiger partial charge in [-0.1, -0.05) is 13.3 Å². The maximum atomic E-state index is 7.43. The first-order chi connectivity index (χ1) is 11.5. The molecule has 2 aromatic carbocycles. The Kier molecular flexibility index (Phi) is 5.78. The van der Waals surface area contributed by atoms with Gasteiger partial charge in [-0.05, 0) is 55.0 Å². The zero-order chi connectivity index (χ0) is 17.5. The van der Waals surface area contributed by atoms with Crippen molar-refractivity contribution in [2.45, 2.75) is 25.9 Å². The molecule has 0 aliphatic carbocycles. The normalized spacial score (nSPS) is 11.5. The molecule has 2 aromatic rings. The standard InChI is InChI=1S/C18H24N6/c1-2-3-16(23-14-8-4-12(5-9-14)17(19)20)24-15-10-6-13(7-11-15)18(21)22/h4-11,16,23-24H,2-3H2,1H3,(H3,19,20)(H3,21,22). The second-order valence-corrected chi connectivity index (χ2v) is 5.61. The van der Waals surface area contributed by atoms with Crippen LogP contribution in [0.2, 0.25) is 0 Å². The van der Waals surface area contributed by atoms with E-state index in [1.807, 2.05) is 48.5 Å². The third kappa shape index (κ3) is 4.74. The highest BCUT2D eigenvalue weighted by Gasteiger charge is 2.08. The molecule has 6 heteroatoms. The summed E-state index contributed by atoms with van der Waals surface area (Å²) in [4.78, 5) is 0. The van der Waals surface area contributed by atoms with Crippen LogP contribution in [0.5, 0.6) is 0 Å². The molecule has 24 heavy (non-hydrogen) atoms. The van der Waals surface area contributed by atoms with Gasteiger partial charge in [0.2, 0.25) is 0 Å². The fraction of sp³-hybridized carbons (Fsp3) is 0.222. The van der Waals surface area contributed by atoms with Crippen LogP contribution < -0.4 is 22.1 Å². The van der Waals surface area contributed by atoms with Gasteiger partial charge < -0.3 is 22.1 Å². The lowest BCUT2D eigenvalue weighted by Gasteiger charge is -2.22. The molecule has 0 saturated heterocycles. The molecule has 0 fully saturated rings. The molecule has 0 radical (unpaired) electrons. The second-order valence-electron chi connectivity index (χ2n) is 5.61. The number of nitrogens with two attached hydrogens (primary N) is 2. The van der Waals surface area contributed by atoms with Crippen molar-refractivity contribution < 1.29 is 0 Å². The number of nitrogens with one attached hydrogen (secondary N) is 4. The minimum absolute atomic E-state index is 0.0651. The molecule has 2 rings (SSSR count). The summed E-state index contributed by atoms with van der Waals surface area (Å²) in [5, 5.41) is 21.7. The molecule has 0 spiro atoms. The minimum Gasteiger partial charge on any atom is -0.384 e. The Morgan fingerprint density at radius 2 is 1.21 bits per heavy atom. The van der Waals surface area contributed by atoms with Gasteiger partial charge in [-0.15, -0.1) is 0 Å². The molecule has 0 atom stereocenters. The molecule has 0 bridgehead atoms. The van der Waals surface area contributed by atoms with Crippen LogP contribution in [0.3, 0.4) is 0 Å². The van der Waals surface area contributed by atoms with Gasteiger partial charge in [-0.25, -0.2) is 0 Å². The number of benzene rings is 2. The smallest absolute Gasteiger partial charge is 0.122 e. The highest BCUT2D eigenvalue weighted by Crippen LogP contribution is 2.16. The topological polar surface area (TPSA) is 124 Å². The second kappa shape index (κ2) is 8.01. The van der Waals surface area contributed by atoms with E-state index in [1.165, 1.54) is 0 Å². The van der Waals surface area contributed by atoms with Crippen molar-refractivity contribution in [3.8, 4) is 0 Å². The lowest BCUT2D eigenvalue weighted by Crippen LogP contribution is -2.28. The molecule has 6 nitrogen and oxygen atoms in total. The predicted molar refractivity (Wildman–Crippen MR) is 101 cm³/mol. The molecular weight excluding hydrogens is 300 g/mol. The van der Waals surface area contributed by atoms with Crippen LogP contribution in [0.25, 0.3) is 0 Å². The van der Waals surface area contributed by atoms with E-state index < -0.39 is 0 Å². The zero-order valence-electron chi connectivity index (χ0n) is 13.8. The van der Waals surface area contributed by atoms with Crippen molar-refractivity contribution in [2.75, 3.05) is 10.6 Å². The third-order valence-corrected chi connectivity index (χ3v) is 3.65. The summed E-state index contributed by atoms with van der Waals surface area (Å²) in [6.07, 6.45) is 2.05. The van der Waals surface area contributed by atoms with E-state index >= 15 is 0 Å². The number of hydrogen-bond acceptors (Lipinski definition) is 4. The predicted octanol–water partition coefficient (Wildman–Crippen LogP) is 2.90. The van der Waals surface area contributed by atoms with Crippen LogP contribution in [-0.4, -0.2) is 17.8 Å². The van der Waals surface area contributed by atoms with Crippen LogP contribution in [0.4, 0.5) is 11.4 Å². The molecule has 0 saturated carbocycles. The maximum Gasteiger partial charge on any atom is 0.122 e. The van der Waals surface area contributed by atoms with Crippen LogP contribution in [0.1, 0.15) is 30.9 Å². The van der Waals surface area contributed by atoms with Gasteiger partial charge in [0.25, 0.3) is 0 Å². The molecule has 8 N–H and O–H groups in total. The molecule has 0 heterocycles. The minimum atomic E-state index is 0.0651. The molecule has 0 unspecified atom stereocenters.